The Balaban J connectivity index is 1.55. The van der Waals surface area contributed by atoms with E-state index in [9.17, 15) is 9.59 Å². The van der Waals surface area contributed by atoms with Crippen molar-refractivity contribution < 1.29 is 14.4 Å². The van der Waals surface area contributed by atoms with Crippen molar-refractivity contribution in [3.63, 3.8) is 0 Å². The Labute approximate surface area is 147 Å². The maximum absolute atomic E-state index is 12.1. The third kappa shape index (κ3) is 3.77. The number of halogens is 1. The normalized spacial score (nSPS) is 16.7. The van der Waals surface area contributed by atoms with Gasteiger partial charge in [0, 0.05) is 21.7 Å². The number of hydrogen-bond acceptors (Lipinski definition) is 7. The van der Waals surface area contributed by atoms with E-state index in [1.165, 1.54) is 11.3 Å². The van der Waals surface area contributed by atoms with Crippen LogP contribution >= 0.6 is 38.6 Å². The number of nitrogens with zero attached hydrogens (tertiary/aromatic N) is 2. The van der Waals surface area contributed by atoms with Crippen LogP contribution in [0.3, 0.4) is 0 Å². The van der Waals surface area contributed by atoms with Crippen LogP contribution in [0.5, 0.6) is 0 Å². The van der Waals surface area contributed by atoms with E-state index in [1.54, 1.807) is 16.7 Å². The van der Waals surface area contributed by atoms with Crippen molar-refractivity contribution in [3.8, 4) is 9.88 Å². The second-order valence-electron chi connectivity index (χ2n) is 4.71. The van der Waals surface area contributed by atoms with Gasteiger partial charge in [0.25, 0.3) is 11.8 Å². The Morgan fingerprint density at radius 1 is 1.43 bits per heavy atom. The van der Waals surface area contributed by atoms with Gasteiger partial charge in [-0.3, -0.25) is 9.59 Å². The lowest BCUT2D eigenvalue weighted by molar-refractivity contribution is -0.112. The number of amides is 2. The van der Waals surface area contributed by atoms with Crippen LogP contribution < -0.4 is 11.1 Å². The summed E-state index contributed by atoms with van der Waals surface area (Å²) >= 11 is 6.36. The fourth-order valence-electron chi connectivity index (χ4n) is 1.90. The molecule has 0 radical (unpaired) electrons. The number of rotatable bonds is 5. The van der Waals surface area contributed by atoms with E-state index in [4.69, 9.17) is 10.6 Å². The molecule has 0 spiro atoms. The summed E-state index contributed by atoms with van der Waals surface area (Å²) in [5.74, 6) is -0.899. The van der Waals surface area contributed by atoms with Crippen molar-refractivity contribution in [2.45, 2.75) is 12.5 Å². The minimum absolute atomic E-state index is 0.184. The standard InChI is InChI=1S/C13H11BrN4O3S2/c14-6-1-10(22-4-6)13-17-9(5-23-13)12(20)16-3-7-2-8(11(15)19)18-21-7/h1,4-5,7H,2-3H2,(H2,15,19)(H,16,20). The number of aromatic nitrogens is 1. The molecule has 0 fully saturated rings. The molecule has 0 saturated heterocycles. The summed E-state index contributed by atoms with van der Waals surface area (Å²) in [5.41, 5.74) is 5.65. The lowest BCUT2D eigenvalue weighted by Gasteiger charge is -2.08. The van der Waals surface area contributed by atoms with E-state index in [0.29, 0.717) is 12.1 Å². The van der Waals surface area contributed by atoms with E-state index in [1.807, 2.05) is 11.4 Å². The first-order chi connectivity index (χ1) is 11.0. The molecule has 2 aromatic heterocycles. The van der Waals surface area contributed by atoms with Gasteiger partial charge in [-0.1, -0.05) is 5.16 Å². The third-order valence-electron chi connectivity index (χ3n) is 3.02. The zero-order valence-electron chi connectivity index (χ0n) is 11.6. The van der Waals surface area contributed by atoms with Gasteiger partial charge in [0.05, 0.1) is 11.4 Å². The predicted molar refractivity (Wildman–Crippen MR) is 91.6 cm³/mol. The summed E-state index contributed by atoms with van der Waals surface area (Å²) in [6.07, 6.45) is -0.0889. The molecule has 10 heteroatoms. The number of thiophene rings is 1. The summed E-state index contributed by atoms with van der Waals surface area (Å²) in [4.78, 5) is 33.4. The minimum atomic E-state index is -0.606. The van der Waals surface area contributed by atoms with Gasteiger partial charge in [-0.2, -0.15) is 0 Å². The van der Waals surface area contributed by atoms with Crippen molar-refractivity contribution in [2.75, 3.05) is 6.54 Å². The van der Waals surface area contributed by atoms with Crippen LogP contribution in [0, 0.1) is 0 Å². The van der Waals surface area contributed by atoms with Gasteiger partial charge >= 0.3 is 0 Å². The molecule has 0 bridgehead atoms. The number of oxime groups is 1. The van der Waals surface area contributed by atoms with E-state index in [2.05, 4.69) is 31.4 Å². The third-order valence-corrected chi connectivity index (χ3v) is 5.73. The van der Waals surface area contributed by atoms with Gasteiger partial charge < -0.3 is 15.9 Å². The van der Waals surface area contributed by atoms with Crippen LogP contribution in [-0.4, -0.2) is 35.2 Å². The highest BCUT2D eigenvalue weighted by atomic mass is 79.9. The molecule has 120 valence electrons. The minimum Gasteiger partial charge on any atom is -0.390 e. The molecule has 2 aromatic rings. The van der Waals surface area contributed by atoms with E-state index in [0.717, 1.165) is 14.4 Å². The highest BCUT2D eigenvalue weighted by Crippen LogP contribution is 2.31. The SMILES string of the molecule is NC(=O)C1=NOC(CNC(=O)c2csc(-c3cc(Br)cs3)n2)C1. The van der Waals surface area contributed by atoms with Crippen LogP contribution in [0.15, 0.2) is 26.5 Å². The number of nitrogens with one attached hydrogen (secondary N) is 1. The van der Waals surface area contributed by atoms with E-state index < -0.39 is 5.91 Å². The Morgan fingerprint density at radius 2 is 2.26 bits per heavy atom. The molecule has 1 aliphatic heterocycles. The Bertz CT molecular complexity index is 786. The fourth-order valence-corrected chi connectivity index (χ4v) is 4.20. The molecule has 23 heavy (non-hydrogen) atoms. The quantitative estimate of drug-likeness (QED) is 0.779. The predicted octanol–water partition coefficient (Wildman–Crippen LogP) is 1.99. The summed E-state index contributed by atoms with van der Waals surface area (Å²) in [6, 6.07) is 1.96. The molecule has 0 aromatic carbocycles. The highest BCUT2D eigenvalue weighted by Gasteiger charge is 2.25. The Morgan fingerprint density at radius 3 is 2.91 bits per heavy atom. The van der Waals surface area contributed by atoms with Gasteiger partial charge in [0.15, 0.2) is 6.10 Å². The molecule has 0 aliphatic carbocycles. The average Bonchev–Trinajstić information content (AvgIpc) is 3.24. The fraction of sp³-hybridized carbons (Fsp3) is 0.231. The van der Waals surface area contributed by atoms with Crippen LogP contribution in [0.25, 0.3) is 9.88 Å². The maximum Gasteiger partial charge on any atom is 0.270 e. The second-order valence-corrected chi connectivity index (χ2v) is 7.40. The number of carbonyl (C=O) groups excluding carboxylic acids is 2. The Hall–Kier alpha value is -1.78. The molecule has 7 nitrogen and oxygen atoms in total. The molecule has 3 rings (SSSR count). The number of thiazole rings is 1. The highest BCUT2D eigenvalue weighted by molar-refractivity contribution is 9.10. The van der Waals surface area contributed by atoms with Crippen LogP contribution in [0.1, 0.15) is 16.9 Å². The first-order valence-electron chi connectivity index (χ1n) is 6.53. The van der Waals surface area contributed by atoms with Crippen molar-refractivity contribution in [2.24, 2.45) is 10.9 Å². The van der Waals surface area contributed by atoms with E-state index >= 15 is 0 Å². The van der Waals surface area contributed by atoms with Gasteiger partial charge in [-0.25, -0.2) is 4.98 Å². The van der Waals surface area contributed by atoms with Crippen LogP contribution in [0.4, 0.5) is 0 Å². The van der Waals surface area contributed by atoms with Gasteiger partial charge in [-0.15, -0.1) is 22.7 Å². The van der Waals surface area contributed by atoms with Crippen molar-refractivity contribution in [3.05, 3.63) is 27.0 Å². The number of primary amides is 1. The average molecular weight is 415 g/mol. The van der Waals surface area contributed by atoms with Gasteiger partial charge in [-0.05, 0) is 22.0 Å². The molecule has 1 unspecified atom stereocenters. The van der Waals surface area contributed by atoms with Gasteiger partial charge in [0.2, 0.25) is 0 Å². The van der Waals surface area contributed by atoms with Crippen LogP contribution in [0.2, 0.25) is 0 Å². The first kappa shape index (κ1) is 16.1. The van der Waals surface area contributed by atoms with Crippen molar-refractivity contribution >= 4 is 56.1 Å². The summed E-state index contributed by atoms with van der Waals surface area (Å²) in [7, 11) is 0. The van der Waals surface area contributed by atoms with E-state index in [-0.39, 0.29) is 24.3 Å². The largest absolute Gasteiger partial charge is 0.390 e. The topological polar surface area (TPSA) is 107 Å². The monoisotopic (exact) mass is 414 g/mol. The Kier molecular flexibility index (Phi) is 4.74. The first-order valence-corrected chi connectivity index (χ1v) is 9.09. The maximum atomic E-state index is 12.1. The summed E-state index contributed by atoms with van der Waals surface area (Å²) in [5, 5.41) is 10.8. The van der Waals surface area contributed by atoms with Crippen molar-refractivity contribution in [1.29, 1.82) is 0 Å². The summed E-state index contributed by atoms with van der Waals surface area (Å²) in [6.45, 7) is 0.233. The number of nitrogens with two attached hydrogens (primary N) is 1. The number of carbonyl (C=O) groups is 2. The second kappa shape index (κ2) is 6.77. The molecular formula is C13H11BrN4O3S2. The molecule has 1 aliphatic rings. The zero-order chi connectivity index (χ0) is 16.4. The summed E-state index contributed by atoms with van der Waals surface area (Å²) < 4.78 is 0.988. The van der Waals surface area contributed by atoms with Crippen LogP contribution in [-0.2, 0) is 9.63 Å². The molecule has 2 amide bonds. The molecule has 3 heterocycles. The lowest BCUT2D eigenvalue weighted by atomic mass is 10.2. The smallest absolute Gasteiger partial charge is 0.270 e. The van der Waals surface area contributed by atoms with Crippen molar-refractivity contribution in [1.82, 2.24) is 10.3 Å². The van der Waals surface area contributed by atoms with Gasteiger partial charge in [0.1, 0.15) is 16.4 Å². The molecule has 1 atom stereocenters. The zero-order valence-corrected chi connectivity index (χ0v) is 14.8. The molecule has 0 saturated carbocycles. The molecular weight excluding hydrogens is 404 g/mol. The molecule has 3 N–H and O–H groups in total. The number of hydrogen-bond donors (Lipinski definition) is 2. The lowest BCUT2D eigenvalue weighted by Crippen LogP contribution is -2.33.